The number of hydrogen-bond acceptors (Lipinski definition) is 6. The molecule has 3 heterocycles. The highest BCUT2D eigenvalue weighted by Gasteiger charge is 2.19. The lowest BCUT2D eigenvalue weighted by molar-refractivity contribution is -0.198. The van der Waals surface area contributed by atoms with Gasteiger partial charge in [-0.25, -0.2) is 15.3 Å². The molecular formula is C25H32N4O3. The van der Waals surface area contributed by atoms with Crippen LogP contribution >= 0.6 is 0 Å². The van der Waals surface area contributed by atoms with Crippen LogP contribution in [0.4, 0.5) is 5.82 Å². The van der Waals surface area contributed by atoms with Crippen LogP contribution in [0.3, 0.4) is 0 Å². The maximum absolute atomic E-state index is 11.9. The van der Waals surface area contributed by atoms with E-state index in [-0.39, 0.29) is 12.2 Å². The van der Waals surface area contributed by atoms with Gasteiger partial charge in [0.25, 0.3) is 5.91 Å². The molecule has 170 valence electrons. The Kier molecular flexibility index (Phi) is 8.25. The molecule has 0 saturated carbocycles. The van der Waals surface area contributed by atoms with Gasteiger partial charge in [-0.15, -0.1) is 0 Å². The summed E-state index contributed by atoms with van der Waals surface area (Å²) < 4.78 is 5.42. The van der Waals surface area contributed by atoms with Crippen LogP contribution in [0.1, 0.15) is 43.2 Å². The van der Waals surface area contributed by atoms with E-state index >= 15 is 0 Å². The van der Waals surface area contributed by atoms with Crippen LogP contribution in [0, 0.1) is 0 Å². The van der Waals surface area contributed by atoms with Crippen molar-refractivity contribution in [2.75, 3.05) is 25.0 Å². The molecule has 2 aromatic rings. The van der Waals surface area contributed by atoms with E-state index in [4.69, 9.17) is 9.57 Å². The zero-order valence-electron chi connectivity index (χ0n) is 18.4. The van der Waals surface area contributed by atoms with E-state index in [0.29, 0.717) is 12.6 Å². The van der Waals surface area contributed by atoms with E-state index in [9.17, 15) is 4.79 Å². The Balaban J connectivity index is 1.17. The number of carbonyl (C=O) groups is 1. The zero-order chi connectivity index (χ0) is 22.0. The highest BCUT2D eigenvalue weighted by atomic mass is 16.8. The molecule has 0 bridgehead atoms. The number of benzene rings is 1. The number of nitrogens with one attached hydrogen (secondary N) is 2. The maximum Gasteiger partial charge on any atom is 0.267 e. The van der Waals surface area contributed by atoms with Crippen molar-refractivity contribution in [1.82, 2.24) is 15.4 Å². The molecule has 7 nitrogen and oxygen atoms in total. The Morgan fingerprint density at radius 1 is 1.12 bits per heavy atom. The number of amides is 1. The first kappa shape index (κ1) is 22.5. The van der Waals surface area contributed by atoms with Crippen molar-refractivity contribution in [3.63, 3.8) is 0 Å². The average molecular weight is 437 g/mol. The number of pyridine rings is 1. The van der Waals surface area contributed by atoms with Gasteiger partial charge in [-0.3, -0.25) is 9.69 Å². The molecular weight excluding hydrogens is 404 g/mol. The molecule has 2 aliphatic rings. The monoisotopic (exact) mass is 436 g/mol. The molecule has 7 heteroatoms. The zero-order valence-corrected chi connectivity index (χ0v) is 18.4. The maximum atomic E-state index is 11.9. The first-order chi connectivity index (χ1) is 15.7. The quantitative estimate of drug-likeness (QED) is 0.485. The van der Waals surface area contributed by atoms with E-state index < -0.39 is 0 Å². The van der Waals surface area contributed by atoms with Gasteiger partial charge in [0.05, 0.1) is 0 Å². The van der Waals surface area contributed by atoms with Crippen molar-refractivity contribution >= 4 is 17.8 Å². The van der Waals surface area contributed by atoms with Crippen molar-refractivity contribution in [2.45, 2.75) is 51.0 Å². The Morgan fingerprint density at radius 2 is 1.97 bits per heavy atom. The fraction of sp³-hybridized carbons (Fsp3) is 0.440. The predicted molar refractivity (Wildman–Crippen MR) is 124 cm³/mol. The Bertz CT molecular complexity index is 859. The highest BCUT2D eigenvalue weighted by Crippen LogP contribution is 2.18. The number of hydroxylamine groups is 1. The van der Waals surface area contributed by atoms with Crippen molar-refractivity contribution in [1.29, 1.82) is 0 Å². The summed E-state index contributed by atoms with van der Waals surface area (Å²) in [6.45, 7) is 3.85. The third-order valence-corrected chi connectivity index (χ3v) is 5.83. The Labute approximate surface area is 189 Å². The molecule has 2 aliphatic heterocycles. The standard InChI is InChI=1S/C25H32N4O3/c30-24(28-32-25-8-4-5-17-31-25)12-10-20-9-11-23(26-18-20)27-22-13-15-29(16-14-22)19-21-6-2-1-3-7-21/h1-3,6-7,9-12,18,22,25H,4-5,8,13-17,19H2,(H,26,27)(H,28,30). The Hall–Kier alpha value is -2.74. The minimum Gasteiger partial charge on any atom is -0.367 e. The lowest BCUT2D eigenvalue weighted by Crippen LogP contribution is -2.38. The molecule has 1 atom stereocenters. The fourth-order valence-electron chi connectivity index (χ4n) is 4.01. The molecule has 1 unspecified atom stereocenters. The predicted octanol–water partition coefficient (Wildman–Crippen LogP) is 3.75. The molecule has 32 heavy (non-hydrogen) atoms. The molecule has 4 rings (SSSR count). The fourth-order valence-corrected chi connectivity index (χ4v) is 4.01. The lowest BCUT2D eigenvalue weighted by Gasteiger charge is -2.32. The van der Waals surface area contributed by atoms with Gasteiger partial charge in [0.2, 0.25) is 0 Å². The molecule has 2 N–H and O–H groups in total. The second-order valence-corrected chi connectivity index (χ2v) is 8.37. The summed E-state index contributed by atoms with van der Waals surface area (Å²) in [5, 5.41) is 3.54. The van der Waals surface area contributed by atoms with E-state index in [1.54, 1.807) is 12.3 Å². The van der Waals surface area contributed by atoms with Crippen LogP contribution in [0.2, 0.25) is 0 Å². The second-order valence-electron chi connectivity index (χ2n) is 8.37. The summed E-state index contributed by atoms with van der Waals surface area (Å²) in [6.07, 6.45) is 9.67. The van der Waals surface area contributed by atoms with Crippen molar-refractivity contribution < 1.29 is 14.4 Å². The lowest BCUT2D eigenvalue weighted by atomic mass is 10.0. The summed E-state index contributed by atoms with van der Waals surface area (Å²) in [6, 6.07) is 15.0. The van der Waals surface area contributed by atoms with Gasteiger partial charge < -0.3 is 10.1 Å². The van der Waals surface area contributed by atoms with Gasteiger partial charge in [-0.05, 0) is 55.0 Å². The molecule has 1 aromatic heterocycles. The van der Waals surface area contributed by atoms with E-state index in [2.05, 4.69) is 51.0 Å². The van der Waals surface area contributed by atoms with Crippen LogP contribution in [-0.2, 0) is 20.9 Å². The largest absolute Gasteiger partial charge is 0.367 e. The van der Waals surface area contributed by atoms with Crippen LogP contribution in [0.15, 0.2) is 54.7 Å². The molecule has 0 radical (unpaired) electrons. The summed E-state index contributed by atoms with van der Waals surface area (Å²) in [4.78, 5) is 24.2. The number of piperidine rings is 1. The van der Waals surface area contributed by atoms with Crippen LogP contribution in [0.5, 0.6) is 0 Å². The summed E-state index contributed by atoms with van der Waals surface area (Å²) in [7, 11) is 0. The topological polar surface area (TPSA) is 75.7 Å². The number of aromatic nitrogens is 1. The molecule has 0 spiro atoms. The number of nitrogens with zero attached hydrogens (tertiary/aromatic N) is 2. The number of anilines is 1. The van der Waals surface area contributed by atoms with Crippen molar-refractivity contribution in [2.24, 2.45) is 0 Å². The third kappa shape index (κ3) is 7.15. The Morgan fingerprint density at radius 3 is 2.69 bits per heavy atom. The average Bonchev–Trinajstić information content (AvgIpc) is 2.85. The van der Waals surface area contributed by atoms with Crippen LogP contribution in [0.25, 0.3) is 6.08 Å². The van der Waals surface area contributed by atoms with Gasteiger partial charge >= 0.3 is 0 Å². The van der Waals surface area contributed by atoms with Crippen LogP contribution < -0.4 is 10.8 Å². The van der Waals surface area contributed by atoms with Gasteiger partial charge in [-0.2, -0.15) is 0 Å². The first-order valence-corrected chi connectivity index (χ1v) is 11.5. The van der Waals surface area contributed by atoms with Gasteiger partial charge in [0, 0.05) is 51.0 Å². The van der Waals surface area contributed by atoms with E-state index in [1.807, 2.05) is 12.1 Å². The van der Waals surface area contributed by atoms with Gasteiger partial charge in [-0.1, -0.05) is 30.3 Å². The first-order valence-electron chi connectivity index (χ1n) is 11.5. The number of rotatable bonds is 8. The van der Waals surface area contributed by atoms with Crippen molar-refractivity contribution in [3.8, 4) is 0 Å². The van der Waals surface area contributed by atoms with E-state index in [1.165, 1.54) is 11.6 Å². The summed E-state index contributed by atoms with van der Waals surface area (Å²) in [5.74, 6) is 0.550. The van der Waals surface area contributed by atoms with Gasteiger partial charge in [0.1, 0.15) is 5.82 Å². The molecule has 0 aliphatic carbocycles. The van der Waals surface area contributed by atoms with E-state index in [0.717, 1.165) is 63.1 Å². The summed E-state index contributed by atoms with van der Waals surface area (Å²) in [5.41, 5.74) is 4.65. The van der Waals surface area contributed by atoms with Gasteiger partial charge in [0.15, 0.2) is 6.29 Å². The highest BCUT2D eigenvalue weighted by molar-refractivity contribution is 5.90. The SMILES string of the molecule is O=C(C=Cc1ccc(NC2CCN(Cc3ccccc3)CC2)nc1)NOC1CCCCO1. The molecule has 1 amide bonds. The molecule has 1 aromatic carbocycles. The normalized spacial score (nSPS) is 20.3. The minimum absolute atomic E-state index is 0.316. The molecule has 2 saturated heterocycles. The number of carbonyl (C=O) groups excluding carboxylic acids is 1. The van der Waals surface area contributed by atoms with Crippen LogP contribution in [-0.4, -0.2) is 47.8 Å². The molecule has 2 fully saturated rings. The minimum atomic E-state index is -0.349. The third-order valence-electron chi connectivity index (χ3n) is 5.83. The number of ether oxygens (including phenoxy) is 1. The smallest absolute Gasteiger partial charge is 0.267 e. The van der Waals surface area contributed by atoms with Crippen molar-refractivity contribution in [3.05, 3.63) is 65.9 Å². The number of hydrogen-bond donors (Lipinski definition) is 2. The second kappa shape index (κ2) is 11.8. The number of likely N-dealkylation sites (tertiary alicyclic amines) is 1. The summed E-state index contributed by atoms with van der Waals surface area (Å²) >= 11 is 0.